The lowest BCUT2D eigenvalue weighted by Crippen LogP contribution is -2.34. The first-order valence-corrected chi connectivity index (χ1v) is 5.07. The van der Waals surface area contributed by atoms with Crippen molar-refractivity contribution < 1.29 is 4.74 Å². The zero-order valence-corrected chi connectivity index (χ0v) is 8.38. The third-order valence-electron chi connectivity index (χ3n) is 2.65. The minimum absolute atomic E-state index is 0.324. The van der Waals surface area contributed by atoms with Crippen molar-refractivity contribution in [1.29, 1.82) is 0 Å². The maximum atomic E-state index is 6.07. The molecule has 2 nitrogen and oxygen atoms in total. The summed E-state index contributed by atoms with van der Waals surface area (Å²) in [4.78, 5) is 0. The van der Waals surface area contributed by atoms with Crippen LogP contribution in [0.5, 0.6) is 0 Å². The standard InChI is InChI=1S/C11H19NO/c1-2-3-4-5-11(12)10-6-8-13-9-7-10/h10-11H,4-9,12H2,1H3. The Hall–Kier alpha value is -0.520. The molecule has 1 heterocycles. The molecule has 0 radical (unpaired) electrons. The molecule has 1 rings (SSSR count). The van der Waals surface area contributed by atoms with Crippen LogP contribution in [0.25, 0.3) is 0 Å². The predicted octanol–water partition coefficient (Wildman–Crippen LogP) is 1.54. The van der Waals surface area contributed by atoms with E-state index in [4.69, 9.17) is 10.5 Å². The molecule has 1 aliphatic rings. The van der Waals surface area contributed by atoms with Gasteiger partial charge in [-0.2, -0.15) is 0 Å². The van der Waals surface area contributed by atoms with Gasteiger partial charge >= 0.3 is 0 Å². The third-order valence-corrected chi connectivity index (χ3v) is 2.65. The van der Waals surface area contributed by atoms with Crippen LogP contribution in [0.1, 0.15) is 32.6 Å². The average molecular weight is 181 g/mol. The van der Waals surface area contributed by atoms with E-state index in [1.165, 1.54) is 0 Å². The highest BCUT2D eigenvalue weighted by atomic mass is 16.5. The van der Waals surface area contributed by atoms with Gasteiger partial charge in [-0.3, -0.25) is 0 Å². The fraction of sp³-hybridized carbons (Fsp3) is 0.818. The van der Waals surface area contributed by atoms with Gasteiger partial charge in [-0.05, 0) is 32.1 Å². The summed E-state index contributed by atoms with van der Waals surface area (Å²) in [5.41, 5.74) is 6.07. The van der Waals surface area contributed by atoms with Crippen LogP contribution in [0.15, 0.2) is 0 Å². The van der Waals surface area contributed by atoms with E-state index in [9.17, 15) is 0 Å². The highest BCUT2D eigenvalue weighted by Crippen LogP contribution is 2.19. The fourth-order valence-corrected chi connectivity index (χ4v) is 1.74. The highest BCUT2D eigenvalue weighted by Gasteiger charge is 2.19. The Kier molecular flexibility index (Phi) is 4.88. The quantitative estimate of drug-likeness (QED) is 0.670. The molecule has 1 aliphatic heterocycles. The molecule has 0 aromatic heterocycles. The van der Waals surface area contributed by atoms with Crippen molar-refractivity contribution in [1.82, 2.24) is 0 Å². The van der Waals surface area contributed by atoms with E-state index in [1.54, 1.807) is 0 Å². The van der Waals surface area contributed by atoms with Crippen LogP contribution >= 0.6 is 0 Å². The molecule has 0 spiro atoms. The Morgan fingerprint density at radius 1 is 1.46 bits per heavy atom. The minimum Gasteiger partial charge on any atom is -0.381 e. The summed E-state index contributed by atoms with van der Waals surface area (Å²) in [7, 11) is 0. The van der Waals surface area contributed by atoms with Gasteiger partial charge in [0, 0.05) is 25.7 Å². The Morgan fingerprint density at radius 2 is 2.15 bits per heavy atom. The van der Waals surface area contributed by atoms with E-state index in [-0.39, 0.29) is 0 Å². The summed E-state index contributed by atoms with van der Waals surface area (Å²) in [5.74, 6) is 6.61. The van der Waals surface area contributed by atoms with E-state index in [0.29, 0.717) is 12.0 Å². The number of ether oxygens (including phenoxy) is 1. The molecule has 0 aromatic rings. The zero-order valence-electron chi connectivity index (χ0n) is 8.38. The molecular formula is C11H19NO. The minimum atomic E-state index is 0.324. The van der Waals surface area contributed by atoms with E-state index in [0.717, 1.165) is 38.9 Å². The molecule has 2 N–H and O–H groups in total. The first-order valence-electron chi connectivity index (χ1n) is 5.07. The second-order valence-corrected chi connectivity index (χ2v) is 3.58. The Bertz CT molecular complexity index is 186. The van der Waals surface area contributed by atoms with Crippen LogP contribution in [-0.4, -0.2) is 19.3 Å². The molecule has 1 fully saturated rings. The largest absolute Gasteiger partial charge is 0.381 e. The van der Waals surface area contributed by atoms with E-state index in [2.05, 4.69) is 11.8 Å². The number of rotatable bonds is 3. The van der Waals surface area contributed by atoms with Crippen LogP contribution in [0, 0.1) is 17.8 Å². The van der Waals surface area contributed by atoms with Crippen molar-refractivity contribution in [3.63, 3.8) is 0 Å². The lowest BCUT2D eigenvalue weighted by atomic mass is 9.90. The summed E-state index contributed by atoms with van der Waals surface area (Å²) in [5, 5.41) is 0. The second kappa shape index (κ2) is 6.01. The van der Waals surface area contributed by atoms with Gasteiger partial charge in [0.25, 0.3) is 0 Å². The molecule has 1 atom stereocenters. The predicted molar refractivity (Wildman–Crippen MR) is 54.2 cm³/mol. The van der Waals surface area contributed by atoms with Crippen LogP contribution in [0.2, 0.25) is 0 Å². The summed E-state index contributed by atoms with van der Waals surface area (Å²) in [6, 6.07) is 0.324. The summed E-state index contributed by atoms with van der Waals surface area (Å²) in [6.07, 6.45) is 4.22. The molecule has 74 valence electrons. The molecule has 2 heteroatoms. The smallest absolute Gasteiger partial charge is 0.0469 e. The lowest BCUT2D eigenvalue weighted by Gasteiger charge is -2.27. The Morgan fingerprint density at radius 3 is 2.77 bits per heavy atom. The van der Waals surface area contributed by atoms with Gasteiger partial charge < -0.3 is 10.5 Å². The van der Waals surface area contributed by atoms with Crippen molar-refractivity contribution in [3.05, 3.63) is 0 Å². The Balaban J connectivity index is 2.19. The van der Waals surface area contributed by atoms with Gasteiger partial charge in [0.05, 0.1) is 0 Å². The molecule has 0 bridgehead atoms. The molecule has 13 heavy (non-hydrogen) atoms. The van der Waals surface area contributed by atoms with E-state index in [1.807, 2.05) is 6.92 Å². The third kappa shape index (κ3) is 3.80. The summed E-state index contributed by atoms with van der Waals surface area (Å²) in [6.45, 7) is 3.65. The van der Waals surface area contributed by atoms with Gasteiger partial charge in [-0.15, -0.1) is 11.8 Å². The van der Waals surface area contributed by atoms with Crippen molar-refractivity contribution in [3.8, 4) is 11.8 Å². The van der Waals surface area contributed by atoms with Crippen LogP contribution < -0.4 is 5.73 Å². The number of hydrogen-bond donors (Lipinski definition) is 1. The van der Waals surface area contributed by atoms with E-state index < -0.39 is 0 Å². The second-order valence-electron chi connectivity index (χ2n) is 3.58. The zero-order chi connectivity index (χ0) is 9.52. The molecule has 0 amide bonds. The monoisotopic (exact) mass is 181 g/mol. The first-order chi connectivity index (χ1) is 6.34. The molecule has 0 aliphatic carbocycles. The van der Waals surface area contributed by atoms with Crippen molar-refractivity contribution in [2.75, 3.05) is 13.2 Å². The average Bonchev–Trinajstić information content (AvgIpc) is 2.19. The SMILES string of the molecule is CC#CCCC(N)C1CCOCC1. The maximum absolute atomic E-state index is 6.07. The maximum Gasteiger partial charge on any atom is 0.0469 e. The number of nitrogens with two attached hydrogens (primary N) is 1. The molecule has 1 saturated heterocycles. The van der Waals surface area contributed by atoms with Crippen molar-refractivity contribution in [2.45, 2.75) is 38.6 Å². The van der Waals surface area contributed by atoms with Crippen molar-refractivity contribution >= 4 is 0 Å². The normalized spacial score (nSPS) is 20.5. The van der Waals surface area contributed by atoms with Gasteiger partial charge in [-0.1, -0.05) is 0 Å². The number of hydrogen-bond acceptors (Lipinski definition) is 2. The van der Waals surface area contributed by atoms with Crippen LogP contribution in [0.3, 0.4) is 0 Å². The van der Waals surface area contributed by atoms with Crippen LogP contribution in [-0.2, 0) is 4.74 Å². The summed E-state index contributed by atoms with van der Waals surface area (Å²) < 4.78 is 5.29. The highest BCUT2D eigenvalue weighted by molar-refractivity contribution is 4.95. The first kappa shape index (κ1) is 10.6. The van der Waals surface area contributed by atoms with Gasteiger partial charge in [0.15, 0.2) is 0 Å². The van der Waals surface area contributed by atoms with Crippen molar-refractivity contribution in [2.24, 2.45) is 11.7 Å². The topological polar surface area (TPSA) is 35.2 Å². The molecule has 1 unspecified atom stereocenters. The van der Waals surface area contributed by atoms with Gasteiger partial charge in [-0.25, -0.2) is 0 Å². The van der Waals surface area contributed by atoms with Crippen LogP contribution in [0.4, 0.5) is 0 Å². The molecule has 0 aromatic carbocycles. The Labute approximate surface area is 80.8 Å². The van der Waals surface area contributed by atoms with Gasteiger partial charge in [0.1, 0.15) is 0 Å². The lowest BCUT2D eigenvalue weighted by molar-refractivity contribution is 0.0577. The molecular weight excluding hydrogens is 162 g/mol. The van der Waals surface area contributed by atoms with E-state index >= 15 is 0 Å². The van der Waals surface area contributed by atoms with Gasteiger partial charge in [0.2, 0.25) is 0 Å². The fourth-order valence-electron chi connectivity index (χ4n) is 1.74. The summed E-state index contributed by atoms with van der Waals surface area (Å²) >= 11 is 0. The molecule has 0 saturated carbocycles.